The number of fused-ring (bicyclic) bond motifs is 1. The molecule has 0 bridgehead atoms. The maximum Gasteiger partial charge on any atom is 0.124 e. The molecule has 0 spiro atoms. The van der Waals surface area contributed by atoms with Crippen LogP contribution in [-0.4, -0.2) is 17.3 Å². The van der Waals surface area contributed by atoms with Gasteiger partial charge < -0.3 is 9.84 Å². The molecule has 1 aromatic rings. The molecule has 1 aromatic carbocycles. The van der Waals surface area contributed by atoms with Crippen molar-refractivity contribution < 1.29 is 9.84 Å². The Kier molecular flexibility index (Phi) is 2.60. The molecule has 1 N–H and O–H groups in total. The summed E-state index contributed by atoms with van der Waals surface area (Å²) in [6.07, 6.45) is 6.35. The predicted molar refractivity (Wildman–Crippen MR) is 62.7 cm³/mol. The second kappa shape index (κ2) is 4.10. The molecule has 2 atom stereocenters. The van der Waals surface area contributed by atoms with Gasteiger partial charge in [-0.15, -0.1) is 0 Å². The Bertz CT molecular complexity index is 386. The fourth-order valence-corrected chi connectivity index (χ4v) is 2.84. The minimum atomic E-state index is -0.270. The van der Waals surface area contributed by atoms with Gasteiger partial charge in [0.15, 0.2) is 0 Å². The highest BCUT2D eigenvalue weighted by atomic mass is 16.5. The Balaban J connectivity index is 1.75. The third-order valence-corrected chi connectivity index (χ3v) is 3.78. The fourth-order valence-electron chi connectivity index (χ4n) is 2.84. The molecule has 0 unspecified atom stereocenters. The van der Waals surface area contributed by atoms with Crippen molar-refractivity contribution in [3.63, 3.8) is 0 Å². The average molecular weight is 218 g/mol. The van der Waals surface area contributed by atoms with Crippen LogP contribution in [0.25, 0.3) is 0 Å². The minimum Gasteiger partial charge on any atom is -0.488 e. The van der Waals surface area contributed by atoms with Gasteiger partial charge in [-0.3, -0.25) is 0 Å². The largest absolute Gasteiger partial charge is 0.488 e. The number of rotatable bonds is 2. The Hall–Kier alpha value is -1.02. The lowest BCUT2D eigenvalue weighted by Crippen LogP contribution is -2.25. The van der Waals surface area contributed by atoms with Crippen LogP contribution in [0.3, 0.4) is 0 Å². The van der Waals surface area contributed by atoms with Crippen LogP contribution >= 0.6 is 0 Å². The molecule has 2 aliphatic rings. The number of aryl methyl sites for hydroxylation is 2. The molecule has 0 saturated heterocycles. The third-order valence-electron chi connectivity index (χ3n) is 3.78. The first-order chi connectivity index (χ1) is 7.83. The number of benzene rings is 1. The molecule has 2 heteroatoms. The molecule has 2 nitrogen and oxygen atoms in total. The molecule has 86 valence electrons. The van der Waals surface area contributed by atoms with Gasteiger partial charge in [0.2, 0.25) is 0 Å². The summed E-state index contributed by atoms with van der Waals surface area (Å²) in [6, 6.07) is 6.39. The summed E-state index contributed by atoms with van der Waals surface area (Å²) >= 11 is 0. The predicted octanol–water partition coefficient (Wildman–Crippen LogP) is 2.47. The normalized spacial score (nSPS) is 28.1. The van der Waals surface area contributed by atoms with E-state index < -0.39 is 0 Å². The summed E-state index contributed by atoms with van der Waals surface area (Å²) in [6.45, 7) is 0. The van der Waals surface area contributed by atoms with Gasteiger partial charge in [0.25, 0.3) is 0 Å². The highest BCUT2D eigenvalue weighted by Crippen LogP contribution is 2.29. The van der Waals surface area contributed by atoms with E-state index in [1.807, 2.05) is 0 Å². The molecule has 0 amide bonds. The number of ether oxygens (including phenoxy) is 1. The SMILES string of the molecule is O[C@H]1CCC[C@@H]1Oc1ccc2c(c1)CCC2. The van der Waals surface area contributed by atoms with E-state index in [1.165, 1.54) is 30.4 Å². The molecule has 0 aliphatic heterocycles. The molecule has 3 rings (SSSR count). The van der Waals surface area contributed by atoms with Gasteiger partial charge in [-0.25, -0.2) is 0 Å². The highest BCUT2D eigenvalue weighted by Gasteiger charge is 2.27. The molecule has 0 heterocycles. The van der Waals surface area contributed by atoms with Crippen LogP contribution < -0.4 is 4.74 Å². The summed E-state index contributed by atoms with van der Waals surface area (Å²) in [7, 11) is 0. The Morgan fingerprint density at radius 1 is 1.06 bits per heavy atom. The van der Waals surface area contributed by atoms with Crippen LogP contribution in [0.15, 0.2) is 18.2 Å². The second-order valence-electron chi connectivity index (χ2n) is 4.94. The van der Waals surface area contributed by atoms with E-state index in [4.69, 9.17) is 4.74 Å². The zero-order valence-corrected chi connectivity index (χ0v) is 9.48. The molecule has 1 fully saturated rings. The van der Waals surface area contributed by atoms with Gasteiger partial charge in [-0.05, 0) is 61.8 Å². The maximum absolute atomic E-state index is 9.72. The first-order valence-electron chi connectivity index (χ1n) is 6.29. The van der Waals surface area contributed by atoms with Gasteiger partial charge in [-0.2, -0.15) is 0 Å². The average Bonchev–Trinajstić information content (AvgIpc) is 2.88. The van der Waals surface area contributed by atoms with E-state index >= 15 is 0 Å². The molecule has 1 saturated carbocycles. The van der Waals surface area contributed by atoms with Crippen LogP contribution in [0.1, 0.15) is 36.8 Å². The lowest BCUT2D eigenvalue weighted by Gasteiger charge is -2.17. The van der Waals surface area contributed by atoms with Crippen molar-refractivity contribution in [2.75, 3.05) is 0 Å². The Labute approximate surface area is 96.2 Å². The molecule has 0 aromatic heterocycles. The minimum absolute atomic E-state index is 0.0134. The summed E-state index contributed by atoms with van der Waals surface area (Å²) in [5.41, 5.74) is 2.91. The quantitative estimate of drug-likeness (QED) is 0.826. The standard InChI is InChI=1S/C14H18O2/c15-13-5-2-6-14(13)16-12-8-7-10-3-1-4-11(10)9-12/h7-9,13-15H,1-6H2/t13-,14-/m0/s1. The van der Waals surface area contributed by atoms with Gasteiger partial charge in [0.05, 0.1) is 6.10 Å². The van der Waals surface area contributed by atoms with E-state index in [1.54, 1.807) is 0 Å². The molecule has 2 aliphatic carbocycles. The summed E-state index contributed by atoms with van der Waals surface area (Å²) < 4.78 is 5.86. The van der Waals surface area contributed by atoms with Crippen LogP contribution in [0, 0.1) is 0 Å². The van der Waals surface area contributed by atoms with Gasteiger partial charge >= 0.3 is 0 Å². The fraction of sp³-hybridized carbons (Fsp3) is 0.571. The monoisotopic (exact) mass is 218 g/mol. The van der Waals surface area contributed by atoms with E-state index in [-0.39, 0.29) is 12.2 Å². The van der Waals surface area contributed by atoms with Crippen LogP contribution in [0.4, 0.5) is 0 Å². The van der Waals surface area contributed by atoms with Crippen molar-refractivity contribution in [3.8, 4) is 5.75 Å². The zero-order valence-electron chi connectivity index (χ0n) is 9.48. The van der Waals surface area contributed by atoms with E-state index in [9.17, 15) is 5.11 Å². The smallest absolute Gasteiger partial charge is 0.124 e. The lowest BCUT2D eigenvalue weighted by molar-refractivity contribution is 0.0603. The van der Waals surface area contributed by atoms with Crippen LogP contribution in [0.2, 0.25) is 0 Å². The van der Waals surface area contributed by atoms with Crippen molar-refractivity contribution in [1.29, 1.82) is 0 Å². The lowest BCUT2D eigenvalue weighted by atomic mass is 10.1. The van der Waals surface area contributed by atoms with Crippen molar-refractivity contribution >= 4 is 0 Å². The summed E-state index contributed by atoms with van der Waals surface area (Å²) in [4.78, 5) is 0. The van der Waals surface area contributed by atoms with Gasteiger partial charge in [0.1, 0.15) is 11.9 Å². The third kappa shape index (κ3) is 1.82. The van der Waals surface area contributed by atoms with Crippen molar-refractivity contribution in [3.05, 3.63) is 29.3 Å². The molecule has 16 heavy (non-hydrogen) atoms. The zero-order chi connectivity index (χ0) is 11.0. The Morgan fingerprint density at radius 3 is 2.75 bits per heavy atom. The topological polar surface area (TPSA) is 29.5 Å². The van der Waals surface area contributed by atoms with Gasteiger partial charge in [0, 0.05) is 0 Å². The highest BCUT2D eigenvalue weighted by molar-refractivity contribution is 5.38. The number of aliphatic hydroxyl groups excluding tert-OH is 1. The van der Waals surface area contributed by atoms with Gasteiger partial charge in [-0.1, -0.05) is 6.07 Å². The maximum atomic E-state index is 9.72. The van der Waals surface area contributed by atoms with Crippen molar-refractivity contribution in [2.45, 2.75) is 50.7 Å². The molecular weight excluding hydrogens is 200 g/mol. The van der Waals surface area contributed by atoms with Crippen LogP contribution in [-0.2, 0) is 12.8 Å². The first kappa shape index (κ1) is 10.2. The summed E-state index contributed by atoms with van der Waals surface area (Å²) in [5, 5.41) is 9.72. The molecule has 0 radical (unpaired) electrons. The Morgan fingerprint density at radius 2 is 1.94 bits per heavy atom. The summed E-state index contributed by atoms with van der Waals surface area (Å²) in [5.74, 6) is 0.937. The van der Waals surface area contributed by atoms with E-state index in [0.29, 0.717) is 0 Å². The number of aliphatic hydroxyl groups is 1. The first-order valence-corrected chi connectivity index (χ1v) is 6.29. The number of hydrogen-bond acceptors (Lipinski definition) is 2. The number of hydrogen-bond donors (Lipinski definition) is 1. The van der Waals surface area contributed by atoms with Crippen LogP contribution in [0.5, 0.6) is 5.75 Å². The second-order valence-corrected chi connectivity index (χ2v) is 4.94. The van der Waals surface area contributed by atoms with E-state index in [2.05, 4.69) is 18.2 Å². The van der Waals surface area contributed by atoms with E-state index in [0.717, 1.165) is 25.0 Å². The molecular formula is C14H18O2. The van der Waals surface area contributed by atoms with Crippen molar-refractivity contribution in [2.24, 2.45) is 0 Å². The van der Waals surface area contributed by atoms with Crippen molar-refractivity contribution in [1.82, 2.24) is 0 Å².